The Morgan fingerprint density at radius 1 is 0.970 bits per heavy atom. The standard InChI is InChI=1S/C24H28F3N3O3/c25-16-3-4-17(21(27)20(16)26)29-19(31)12-28-22(32)18-2-1-5-30(18)23(33)24-9-13-6-14(10-24)8-15(7-13)11-24/h3-4,13-15,18H,1-2,5-12H2,(H,28,32)(H,29,31). The van der Waals surface area contributed by atoms with Gasteiger partial charge in [0.2, 0.25) is 17.7 Å². The van der Waals surface area contributed by atoms with Gasteiger partial charge in [0, 0.05) is 6.54 Å². The topological polar surface area (TPSA) is 78.5 Å². The van der Waals surface area contributed by atoms with Crippen molar-refractivity contribution in [3.63, 3.8) is 0 Å². The number of nitrogens with zero attached hydrogens (tertiary/aromatic N) is 1. The molecule has 1 unspecified atom stereocenters. The molecule has 1 aromatic carbocycles. The number of benzene rings is 1. The lowest BCUT2D eigenvalue weighted by atomic mass is 9.49. The van der Waals surface area contributed by atoms with E-state index in [4.69, 9.17) is 0 Å². The summed E-state index contributed by atoms with van der Waals surface area (Å²) < 4.78 is 40.1. The predicted molar refractivity (Wildman–Crippen MR) is 113 cm³/mol. The van der Waals surface area contributed by atoms with Crippen LogP contribution in [0.2, 0.25) is 0 Å². The average molecular weight is 464 g/mol. The first kappa shape index (κ1) is 22.2. The summed E-state index contributed by atoms with van der Waals surface area (Å²) in [5.74, 6) is -3.78. The minimum absolute atomic E-state index is 0.0903. The van der Waals surface area contributed by atoms with Crippen LogP contribution in [0, 0.1) is 40.6 Å². The number of nitrogens with one attached hydrogen (secondary N) is 2. The zero-order valence-corrected chi connectivity index (χ0v) is 18.3. The molecule has 9 heteroatoms. The number of likely N-dealkylation sites (tertiary alicyclic amines) is 1. The molecule has 6 nitrogen and oxygen atoms in total. The minimum Gasteiger partial charge on any atom is -0.345 e. The second kappa shape index (κ2) is 8.33. The summed E-state index contributed by atoms with van der Waals surface area (Å²) in [5.41, 5.74) is -0.841. The third kappa shape index (κ3) is 3.99. The smallest absolute Gasteiger partial charge is 0.243 e. The van der Waals surface area contributed by atoms with Gasteiger partial charge >= 0.3 is 0 Å². The molecule has 33 heavy (non-hydrogen) atoms. The lowest BCUT2D eigenvalue weighted by molar-refractivity contribution is -0.160. The summed E-state index contributed by atoms with van der Waals surface area (Å²) in [7, 11) is 0. The van der Waals surface area contributed by atoms with Crippen LogP contribution in [-0.4, -0.2) is 41.8 Å². The van der Waals surface area contributed by atoms with Crippen LogP contribution in [0.3, 0.4) is 0 Å². The summed E-state index contributed by atoms with van der Waals surface area (Å²) in [6.07, 6.45) is 7.70. The number of amides is 3. The molecule has 1 atom stereocenters. The number of rotatable bonds is 5. The first-order chi connectivity index (χ1) is 15.8. The molecule has 0 aromatic heterocycles. The van der Waals surface area contributed by atoms with E-state index in [0.717, 1.165) is 31.7 Å². The molecule has 2 N–H and O–H groups in total. The van der Waals surface area contributed by atoms with Crippen molar-refractivity contribution in [1.82, 2.24) is 10.2 Å². The Kier molecular flexibility index (Phi) is 5.61. The highest BCUT2D eigenvalue weighted by Crippen LogP contribution is 2.60. The van der Waals surface area contributed by atoms with E-state index in [-0.39, 0.29) is 11.3 Å². The van der Waals surface area contributed by atoms with Crippen molar-refractivity contribution in [3.05, 3.63) is 29.6 Å². The van der Waals surface area contributed by atoms with Crippen LogP contribution >= 0.6 is 0 Å². The molecule has 178 valence electrons. The Hall–Kier alpha value is -2.58. The van der Waals surface area contributed by atoms with Gasteiger partial charge in [-0.3, -0.25) is 14.4 Å². The van der Waals surface area contributed by atoms with E-state index in [1.807, 2.05) is 0 Å². The van der Waals surface area contributed by atoms with Gasteiger partial charge in [0.05, 0.1) is 17.6 Å². The van der Waals surface area contributed by atoms with Gasteiger partial charge in [0.25, 0.3) is 0 Å². The minimum atomic E-state index is -1.68. The number of hydrogen-bond donors (Lipinski definition) is 2. The molecule has 1 saturated heterocycles. The van der Waals surface area contributed by atoms with E-state index in [1.54, 1.807) is 4.90 Å². The van der Waals surface area contributed by atoms with Crippen LogP contribution in [0.4, 0.5) is 18.9 Å². The molecular weight excluding hydrogens is 435 g/mol. The van der Waals surface area contributed by atoms with Crippen LogP contribution < -0.4 is 10.6 Å². The Morgan fingerprint density at radius 2 is 1.61 bits per heavy atom. The number of carbonyl (C=O) groups excluding carboxylic acids is 3. The van der Waals surface area contributed by atoms with Gasteiger partial charge in [-0.05, 0) is 81.3 Å². The van der Waals surface area contributed by atoms with E-state index in [0.29, 0.717) is 36.8 Å². The van der Waals surface area contributed by atoms with Gasteiger partial charge < -0.3 is 15.5 Å². The number of anilines is 1. The van der Waals surface area contributed by atoms with Crippen molar-refractivity contribution >= 4 is 23.4 Å². The van der Waals surface area contributed by atoms with Gasteiger partial charge in [0.1, 0.15) is 6.04 Å². The van der Waals surface area contributed by atoms with Crippen molar-refractivity contribution in [2.24, 2.45) is 23.2 Å². The van der Waals surface area contributed by atoms with Crippen molar-refractivity contribution in [2.75, 3.05) is 18.4 Å². The maximum absolute atomic E-state index is 13.8. The molecule has 5 fully saturated rings. The molecule has 4 aliphatic carbocycles. The first-order valence-corrected chi connectivity index (χ1v) is 11.8. The third-order valence-corrected chi connectivity index (χ3v) is 8.04. The Labute approximate surface area is 190 Å². The molecule has 1 aromatic rings. The van der Waals surface area contributed by atoms with E-state index in [2.05, 4.69) is 10.6 Å². The SMILES string of the molecule is O=C(CNC(=O)C1CCCN1C(=O)C12CC3CC(CC(C3)C1)C2)Nc1ccc(F)c(F)c1F. The molecule has 1 heterocycles. The largest absolute Gasteiger partial charge is 0.345 e. The van der Waals surface area contributed by atoms with Gasteiger partial charge in [-0.2, -0.15) is 0 Å². The maximum Gasteiger partial charge on any atom is 0.243 e. The second-order valence-corrected chi connectivity index (χ2v) is 10.3. The Balaban J connectivity index is 1.20. The first-order valence-electron chi connectivity index (χ1n) is 11.8. The zero-order valence-electron chi connectivity index (χ0n) is 18.3. The molecule has 0 spiro atoms. The molecule has 3 amide bonds. The van der Waals surface area contributed by atoms with Crippen LogP contribution in [-0.2, 0) is 14.4 Å². The van der Waals surface area contributed by atoms with Gasteiger partial charge in [-0.15, -0.1) is 0 Å². The molecule has 1 aliphatic heterocycles. The number of hydrogen-bond acceptors (Lipinski definition) is 3. The van der Waals surface area contributed by atoms with Gasteiger partial charge in [0.15, 0.2) is 17.5 Å². The van der Waals surface area contributed by atoms with Crippen molar-refractivity contribution in [1.29, 1.82) is 0 Å². The van der Waals surface area contributed by atoms with Crippen molar-refractivity contribution in [3.8, 4) is 0 Å². The van der Waals surface area contributed by atoms with Crippen LogP contribution in [0.5, 0.6) is 0 Å². The highest BCUT2D eigenvalue weighted by Gasteiger charge is 2.56. The van der Waals surface area contributed by atoms with Crippen LogP contribution in [0.25, 0.3) is 0 Å². The zero-order chi connectivity index (χ0) is 23.3. The van der Waals surface area contributed by atoms with E-state index >= 15 is 0 Å². The van der Waals surface area contributed by atoms with E-state index in [1.165, 1.54) is 19.3 Å². The van der Waals surface area contributed by atoms with Gasteiger partial charge in [-0.1, -0.05) is 0 Å². The van der Waals surface area contributed by atoms with E-state index < -0.39 is 47.5 Å². The van der Waals surface area contributed by atoms with Crippen LogP contribution in [0.15, 0.2) is 12.1 Å². The van der Waals surface area contributed by atoms with Crippen molar-refractivity contribution in [2.45, 2.75) is 57.4 Å². The lowest BCUT2D eigenvalue weighted by Crippen LogP contribution is -2.57. The molecule has 4 saturated carbocycles. The fraction of sp³-hybridized carbons (Fsp3) is 0.625. The lowest BCUT2D eigenvalue weighted by Gasteiger charge is -2.56. The molecule has 0 radical (unpaired) electrons. The molecule has 6 rings (SSSR count). The molecule has 5 aliphatic rings. The molecular formula is C24H28F3N3O3. The monoisotopic (exact) mass is 463 g/mol. The Bertz CT molecular complexity index is 963. The second-order valence-electron chi connectivity index (χ2n) is 10.3. The van der Waals surface area contributed by atoms with Crippen molar-refractivity contribution < 1.29 is 27.6 Å². The summed E-state index contributed by atoms with van der Waals surface area (Å²) in [4.78, 5) is 40.3. The van der Waals surface area contributed by atoms with Gasteiger partial charge in [-0.25, -0.2) is 13.2 Å². The predicted octanol–water partition coefficient (Wildman–Crippen LogP) is 3.37. The fourth-order valence-electron chi connectivity index (χ4n) is 7.06. The normalized spacial score (nSPS) is 32.2. The molecule has 4 bridgehead atoms. The van der Waals surface area contributed by atoms with Crippen LogP contribution in [0.1, 0.15) is 51.4 Å². The summed E-state index contributed by atoms with van der Waals surface area (Å²) in [5, 5.41) is 4.64. The Morgan fingerprint density at radius 3 is 2.24 bits per heavy atom. The summed E-state index contributed by atoms with van der Waals surface area (Å²) in [6, 6.07) is 0.994. The highest BCUT2D eigenvalue weighted by molar-refractivity contribution is 5.96. The highest BCUT2D eigenvalue weighted by atomic mass is 19.2. The summed E-state index contributed by atoms with van der Waals surface area (Å²) >= 11 is 0. The quantitative estimate of drug-likeness (QED) is 0.658. The third-order valence-electron chi connectivity index (χ3n) is 8.04. The average Bonchev–Trinajstić information content (AvgIpc) is 3.26. The number of carbonyl (C=O) groups is 3. The maximum atomic E-state index is 13.8. The fourth-order valence-corrected chi connectivity index (χ4v) is 7.06. The number of halogens is 3. The summed E-state index contributed by atoms with van der Waals surface area (Å²) in [6.45, 7) is 0.0676. The van der Waals surface area contributed by atoms with E-state index in [9.17, 15) is 27.6 Å².